The zero-order chi connectivity index (χ0) is 23.1. The lowest BCUT2D eigenvalue weighted by Crippen LogP contribution is -2.49. The first kappa shape index (κ1) is 20.6. The molecular formula is C25H26N8O. The molecule has 1 aromatic carbocycles. The Morgan fingerprint density at radius 2 is 1.91 bits per heavy atom. The van der Waals surface area contributed by atoms with Gasteiger partial charge in [0.25, 0.3) is 5.91 Å². The molecule has 0 unspecified atom stereocenters. The number of hydrogen-bond acceptors (Lipinski definition) is 7. The number of hydrogen-bond donors (Lipinski definition) is 3. The van der Waals surface area contributed by atoms with Crippen LogP contribution >= 0.6 is 0 Å². The van der Waals surface area contributed by atoms with Crippen LogP contribution in [-0.4, -0.2) is 54.1 Å². The van der Waals surface area contributed by atoms with E-state index in [-0.39, 0.29) is 24.0 Å². The van der Waals surface area contributed by atoms with E-state index < -0.39 is 0 Å². The van der Waals surface area contributed by atoms with Gasteiger partial charge in [0.05, 0.1) is 11.1 Å². The van der Waals surface area contributed by atoms with Crippen LogP contribution in [0.25, 0.3) is 10.9 Å². The predicted octanol–water partition coefficient (Wildman–Crippen LogP) is 4.05. The van der Waals surface area contributed by atoms with Gasteiger partial charge in [0.2, 0.25) is 5.95 Å². The van der Waals surface area contributed by atoms with Crippen molar-refractivity contribution >= 4 is 34.4 Å². The number of benzene rings is 1. The molecule has 0 saturated carbocycles. The summed E-state index contributed by atoms with van der Waals surface area (Å²) in [6, 6.07) is 14.2. The summed E-state index contributed by atoms with van der Waals surface area (Å²) in [7, 11) is 0. The van der Waals surface area contributed by atoms with E-state index in [0.29, 0.717) is 23.1 Å². The number of anilines is 3. The predicted molar refractivity (Wildman–Crippen MR) is 130 cm³/mol. The average Bonchev–Trinajstić information content (AvgIpc) is 3.38. The quantitative estimate of drug-likeness (QED) is 0.417. The molecule has 2 aliphatic rings. The van der Waals surface area contributed by atoms with Gasteiger partial charge >= 0.3 is 0 Å². The summed E-state index contributed by atoms with van der Waals surface area (Å²) in [5, 5.41) is 15.1. The number of aromatic nitrogens is 5. The Bertz CT molecular complexity index is 1320. The van der Waals surface area contributed by atoms with Gasteiger partial charge in [-0.15, -0.1) is 0 Å². The summed E-state index contributed by atoms with van der Waals surface area (Å²) in [5.74, 6) is 2.10. The molecule has 0 spiro atoms. The summed E-state index contributed by atoms with van der Waals surface area (Å²) in [6.07, 6.45) is 7.16. The van der Waals surface area contributed by atoms with Crippen LogP contribution in [0.5, 0.6) is 0 Å². The van der Waals surface area contributed by atoms with Crippen molar-refractivity contribution < 1.29 is 4.79 Å². The molecule has 34 heavy (non-hydrogen) atoms. The van der Waals surface area contributed by atoms with Gasteiger partial charge in [0.1, 0.15) is 5.82 Å². The largest absolute Gasteiger partial charge is 0.351 e. The molecule has 9 nitrogen and oxygen atoms in total. The van der Waals surface area contributed by atoms with Crippen LogP contribution in [0, 0.1) is 6.92 Å². The molecule has 9 heteroatoms. The summed E-state index contributed by atoms with van der Waals surface area (Å²) in [5.41, 5.74) is 2.50. The van der Waals surface area contributed by atoms with Crippen LogP contribution in [0.3, 0.4) is 0 Å². The number of H-pyrrole nitrogens is 1. The molecule has 6 rings (SSSR count). The average molecular weight is 455 g/mol. The molecule has 2 fully saturated rings. The Morgan fingerprint density at radius 1 is 1.09 bits per heavy atom. The Hall–Kier alpha value is -4.01. The zero-order valence-corrected chi connectivity index (χ0v) is 18.9. The molecule has 2 saturated heterocycles. The molecule has 5 heterocycles. The van der Waals surface area contributed by atoms with Crippen molar-refractivity contribution in [1.29, 1.82) is 0 Å². The number of fused-ring (bicyclic) bond motifs is 3. The molecule has 2 bridgehead atoms. The van der Waals surface area contributed by atoms with Crippen LogP contribution in [0.2, 0.25) is 0 Å². The maximum Gasteiger partial charge on any atom is 0.255 e. The molecule has 3 aromatic heterocycles. The molecule has 3 N–H and O–H groups in total. The first-order chi connectivity index (χ1) is 16.6. The summed E-state index contributed by atoms with van der Waals surface area (Å²) >= 11 is 0. The SMILES string of the molecule is Cc1cc(Nc2nc(N[C@@H]3C[C@H]4CC[C@@H](C3)N4C(=O)c3cccnc3)nc3ccccc23)n[nH]1. The van der Waals surface area contributed by atoms with Crippen molar-refractivity contribution in [1.82, 2.24) is 30.0 Å². The highest BCUT2D eigenvalue weighted by Gasteiger charge is 2.43. The molecular weight excluding hydrogens is 428 g/mol. The van der Waals surface area contributed by atoms with E-state index in [9.17, 15) is 4.79 Å². The molecule has 2 aliphatic heterocycles. The standard InChI is InChI=1S/C25H26N8O/c1-15-11-22(32-31-15)29-23-20-6-2-3-7-21(20)28-25(30-23)27-17-12-18-8-9-19(13-17)33(18)24(34)16-5-4-10-26-14-16/h2-7,10-11,14,17-19H,8-9,12-13H2,1H3,(H3,27,28,29,30,31,32)/t17-,18-,19+. The smallest absolute Gasteiger partial charge is 0.255 e. The van der Waals surface area contributed by atoms with Gasteiger partial charge in [0.15, 0.2) is 5.82 Å². The van der Waals surface area contributed by atoms with E-state index in [2.05, 4.69) is 30.7 Å². The van der Waals surface area contributed by atoms with Gasteiger partial charge < -0.3 is 15.5 Å². The fourth-order valence-electron chi connectivity index (χ4n) is 5.29. The van der Waals surface area contributed by atoms with Crippen LogP contribution in [0.4, 0.5) is 17.6 Å². The molecule has 1 amide bonds. The highest BCUT2D eigenvalue weighted by Crippen LogP contribution is 2.38. The second kappa shape index (κ2) is 8.40. The molecule has 3 atom stereocenters. The Labute approximate surface area is 197 Å². The third-order valence-corrected chi connectivity index (χ3v) is 6.76. The summed E-state index contributed by atoms with van der Waals surface area (Å²) < 4.78 is 0. The molecule has 4 aromatic rings. The lowest BCUT2D eigenvalue weighted by Gasteiger charge is -2.39. The number of aromatic amines is 1. The first-order valence-corrected chi connectivity index (χ1v) is 11.7. The van der Waals surface area contributed by atoms with Crippen LogP contribution in [0.1, 0.15) is 41.7 Å². The maximum atomic E-state index is 13.1. The minimum Gasteiger partial charge on any atom is -0.351 e. The third kappa shape index (κ3) is 3.83. The highest BCUT2D eigenvalue weighted by atomic mass is 16.2. The molecule has 0 aliphatic carbocycles. The van der Waals surface area contributed by atoms with Gasteiger partial charge in [-0.2, -0.15) is 10.1 Å². The molecule has 172 valence electrons. The normalized spacial score (nSPS) is 21.6. The number of amides is 1. The maximum absolute atomic E-state index is 13.1. The van der Waals surface area contributed by atoms with E-state index in [1.807, 2.05) is 49.4 Å². The van der Waals surface area contributed by atoms with Gasteiger partial charge in [-0.1, -0.05) is 12.1 Å². The van der Waals surface area contributed by atoms with Crippen molar-refractivity contribution in [3.63, 3.8) is 0 Å². The van der Waals surface area contributed by atoms with Gasteiger partial charge in [-0.25, -0.2) is 4.98 Å². The number of piperidine rings is 1. The number of para-hydroxylation sites is 1. The molecule has 0 radical (unpaired) electrons. The summed E-state index contributed by atoms with van der Waals surface area (Å²) in [6.45, 7) is 1.96. The van der Waals surface area contributed by atoms with Crippen molar-refractivity contribution in [3.8, 4) is 0 Å². The van der Waals surface area contributed by atoms with E-state index in [1.54, 1.807) is 12.4 Å². The first-order valence-electron chi connectivity index (χ1n) is 11.7. The lowest BCUT2D eigenvalue weighted by molar-refractivity contribution is 0.0582. The van der Waals surface area contributed by atoms with E-state index in [1.165, 1.54) is 0 Å². The fourth-order valence-corrected chi connectivity index (χ4v) is 5.29. The topological polar surface area (TPSA) is 112 Å². The fraction of sp³-hybridized carbons (Fsp3) is 0.320. The van der Waals surface area contributed by atoms with E-state index in [4.69, 9.17) is 9.97 Å². The zero-order valence-electron chi connectivity index (χ0n) is 18.9. The van der Waals surface area contributed by atoms with Crippen molar-refractivity contribution in [2.45, 2.75) is 50.7 Å². The van der Waals surface area contributed by atoms with Gasteiger partial charge in [-0.05, 0) is 56.9 Å². The minimum atomic E-state index is 0.0850. The Kier molecular flexibility index (Phi) is 5.09. The van der Waals surface area contributed by atoms with Crippen LogP contribution in [0.15, 0.2) is 54.9 Å². The van der Waals surface area contributed by atoms with Crippen molar-refractivity contribution in [2.24, 2.45) is 0 Å². The Morgan fingerprint density at radius 3 is 2.65 bits per heavy atom. The number of aryl methyl sites for hydroxylation is 1. The van der Waals surface area contributed by atoms with Crippen LogP contribution < -0.4 is 10.6 Å². The number of nitrogens with zero attached hydrogens (tertiary/aromatic N) is 5. The monoisotopic (exact) mass is 454 g/mol. The number of pyridine rings is 1. The van der Waals surface area contributed by atoms with Crippen molar-refractivity contribution in [3.05, 3.63) is 66.1 Å². The number of rotatable bonds is 5. The second-order valence-electron chi connectivity index (χ2n) is 9.13. The number of nitrogens with one attached hydrogen (secondary N) is 3. The van der Waals surface area contributed by atoms with Gasteiger partial charge in [0, 0.05) is 47.7 Å². The van der Waals surface area contributed by atoms with E-state index in [0.717, 1.165) is 42.3 Å². The van der Waals surface area contributed by atoms with Crippen LogP contribution in [-0.2, 0) is 0 Å². The van der Waals surface area contributed by atoms with Crippen molar-refractivity contribution in [2.75, 3.05) is 10.6 Å². The minimum absolute atomic E-state index is 0.0850. The summed E-state index contributed by atoms with van der Waals surface area (Å²) in [4.78, 5) is 28.9. The highest BCUT2D eigenvalue weighted by molar-refractivity contribution is 5.94. The number of carbonyl (C=O) groups is 1. The Balaban J connectivity index is 1.23. The third-order valence-electron chi connectivity index (χ3n) is 6.76. The van der Waals surface area contributed by atoms with E-state index >= 15 is 0 Å². The second-order valence-corrected chi connectivity index (χ2v) is 9.13. The number of carbonyl (C=O) groups excluding carboxylic acids is 1. The van der Waals surface area contributed by atoms with Gasteiger partial charge in [-0.3, -0.25) is 14.9 Å². The lowest BCUT2D eigenvalue weighted by atomic mass is 9.96.